The van der Waals surface area contributed by atoms with Gasteiger partial charge in [-0.15, -0.1) is 0 Å². The second-order valence-corrected chi connectivity index (χ2v) is 8.32. The Morgan fingerprint density at radius 1 is 0.833 bits per heavy atom. The van der Waals surface area contributed by atoms with Gasteiger partial charge in [-0.3, -0.25) is 0 Å². The summed E-state index contributed by atoms with van der Waals surface area (Å²) in [5.41, 5.74) is 5.53. The average Bonchev–Trinajstić information content (AvgIpc) is 2.73. The molecule has 4 aromatic carbocycles. The number of hydrogen-bond donors (Lipinski definition) is 1. The van der Waals surface area contributed by atoms with E-state index >= 15 is 0 Å². The predicted octanol–water partition coefficient (Wildman–Crippen LogP) is 7.95. The van der Waals surface area contributed by atoms with Crippen LogP contribution in [0.25, 0.3) is 10.8 Å². The lowest BCUT2D eigenvalue weighted by atomic mass is 10.1. The monoisotopic (exact) mass is 435 g/mol. The quantitative estimate of drug-likeness (QED) is 0.331. The van der Waals surface area contributed by atoms with Gasteiger partial charge in [-0.25, -0.2) is 0 Å². The third kappa shape index (κ3) is 4.56. The first kappa shape index (κ1) is 20.6. The maximum Gasteiger partial charge on any atom is 0.143 e. The summed E-state index contributed by atoms with van der Waals surface area (Å²) < 4.78 is 6.23. The summed E-state index contributed by atoms with van der Waals surface area (Å²) in [6.07, 6.45) is 0. The van der Waals surface area contributed by atoms with Gasteiger partial charge in [0.1, 0.15) is 12.4 Å². The summed E-state index contributed by atoms with van der Waals surface area (Å²) >= 11 is 12.8. The molecule has 0 saturated heterocycles. The molecule has 4 rings (SSSR count). The van der Waals surface area contributed by atoms with Crippen LogP contribution in [0.1, 0.15) is 22.3 Å². The van der Waals surface area contributed by atoms with Crippen LogP contribution < -0.4 is 10.1 Å². The molecule has 0 fully saturated rings. The van der Waals surface area contributed by atoms with Gasteiger partial charge in [0.15, 0.2) is 0 Å². The molecule has 2 nitrogen and oxygen atoms in total. The summed E-state index contributed by atoms with van der Waals surface area (Å²) in [6.45, 7) is 5.17. The molecule has 0 saturated carbocycles. The third-order valence-electron chi connectivity index (χ3n) is 5.20. The number of anilines is 1. The van der Waals surface area contributed by atoms with Crippen molar-refractivity contribution in [1.82, 2.24) is 0 Å². The summed E-state index contributed by atoms with van der Waals surface area (Å²) in [5.74, 6) is 0.659. The van der Waals surface area contributed by atoms with Crippen molar-refractivity contribution in [3.63, 3.8) is 0 Å². The fourth-order valence-electron chi connectivity index (χ4n) is 3.59. The lowest BCUT2D eigenvalue weighted by Gasteiger charge is -2.17. The summed E-state index contributed by atoms with van der Waals surface area (Å²) in [4.78, 5) is 0. The molecule has 152 valence electrons. The van der Waals surface area contributed by atoms with E-state index in [2.05, 4.69) is 61.6 Å². The van der Waals surface area contributed by atoms with Crippen LogP contribution in [-0.4, -0.2) is 0 Å². The van der Waals surface area contributed by atoms with Crippen molar-refractivity contribution in [1.29, 1.82) is 0 Å². The van der Waals surface area contributed by atoms with E-state index in [0.717, 1.165) is 16.8 Å². The van der Waals surface area contributed by atoms with E-state index in [4.69, 9.17) is 27.9 Å². The number of halogens is 2. The molecule has 0 aliphatic heterocycles. The molecule has 0 heterocycles. The highest BCUT2D eigenvalue weighted by atomic mass is 35.5. The van der Waals surface area contributed by atoms with Crippen LogP contribution in [0.3, 0.4) is 0 Å². The smallest absolute Gasteiger partial charge is 0.143 e. The van der Waals surface area contributed by atoms with Crippen molar-refractivity contribution in [3.8, 4) is 5.75 Å². The first-order valence-corrected chi connectivity index (χ1v) is 10.7. The van der Waals surface area contributed by atoms with Gasteiger partial charge in [-0.05, 0) is 59.5 Å². The molecule has 0 atom stereocenters. The van der Waals surface area contributed by atoms with E-state index < -0.39 is 0 Å². The Hall–Kier alpha value is -2.68. The minimum atomic E-state index is 0.430. The van der Waals surface area contributed by atoms with E-state index in [1.165, 1.54) is 21.9 Å². The van der Waals surface area contributed by atoms with Gasteiger partial charge in [0, 0.05) is 22.8 Å². The highest BCUT2D eigenvalue weighted by molar-refractivity contribution is 6.35. The summed E-state index contributed by atoms with van der Waals surface area (Å²) in [7, 11) is 0. The normalized spacial score (nSPS) is 10.9. The largest absolute Gasteiger partial charge is 0.487 e. The number of hydrogen-bond acceptors (Lipinski definition) is 2. The van der Waals surface area contributed by atoms with Crippen LogP contribution in [0.15, 0.2) is 72.8 Å². The first-order valence-electron chi connectivity index (χ1n) is 9.90. The molecule has 0 aliphatic carbocycles. The van der Waals surface area contributed by atoms with E-state index in [0.29, 0.717) is 28.9 Å². The van der Waals surface area contributed by atoms with E-state index in [1.54, 1.807) is 6.07 Å². The number of nitrogens with one attached hydrogen (secondary N) is 1. The topological polar surface area (TPSA) is 21.3 Å². The minimum Gasteiger partial charge on any atom is -0.487 e. The average molecular weight is 436 g/mol. The lowest BCUT2D eigenvalue weighted by molar-refractivity contribution is 0.305. The Bertz CT molecular complexity index is 1200. The molecule has 0 aromatic heterocycles. The van der Waals surface area contributed by atoms with Gasteiger partial charge in [0.2, 0.25) is 0 Å². The Labute approximate surface area is 187 Å². The number of rotatable bonds is 6. The van der Waals surface area contributed by atoms with Gasteiger partial charge in [-0.1, -0.05) is 77.8 Å². The second kappa shape index (κ2) is 8.99. The van der Waals surface area contributed by atoms with E-state index in [-0.39, 0.29) is 0 Å². The van der Waals surface area contributed by atoms with Gasteiger partial charge >= 0.3 is 0 Å². The van der Waals surface area contributed by atoms with Gasteiger partial charge in [-0.2, -0.15) is 0 Å². The fraction of sp³-hybridized carbons (Fsp3) is 0.154. The Balaban J connectivity index is 1.59. The van der Waals surface area contributed by atoms with Gasteiger partial charge in [0.25, 0.3) is 0 Å². The van der Waals surface area contributed by atoms with Crippen molar-refractivity contribution >= 4 is 39.7 Å². The molecule has 4 heteroatoms. The molecule has 0 spiro atoms. The first-order chi connectivity index (χ1) is 14.5. The molecule has 1 N–H and O–H groups in total. The molecule has 0 unspecified atom stereocenters. The van der Waals surface area contributed by atoms with Crippen LogP contribution in [0.4, 0.5) is 5.69 Å². The molecular formula is C26H23Cl2NO. The number of aryl methyl sites for hydroxylation is 2. The van der Waals surface area contributed by atoms with Gasteiger partial charge in [0.05, 0.1) is 5.02 Å². The van der Waals surface area contributed by atoms with Crippen LogP contribution in [0.2, 0.25) is 10.0 Å². The SMILES string of the molecule is Cc1ccc(C)c(NCc2cc(Cl)cc(Cl)c2OCc2cccc3ccccc23)c1. The molecule has 0 amide bonds. The zero-order valence-corrected chi connectivity index (χ0v) is 18.5. The fourth-order valence-corrected chi connectivity index (χ4v) is 4.18. The van der Waals surface area contributed by atoms with Crippen LogP contribution in [0.5, 0.6) is 5.75 Å². The molecule has 30 heavy (non-hydrogen) atoms. The van der Waals surface area contributed by atoms with Crippen molar-refractivity contribution < 1.29 is 4.74 Å². The molecular weight excluding hydrogens is 413 g/mol. The van der Waals surface area contributed by atoms with Crippen molar-refractivity contribution in [3.05, 3.63) is 105 Å². The maximum absolute atomic E-state index is 6.52. The van der Waals surface area contributed by atoms with Gasteiger partial charge < -0.3 is 10.1 Å². The van der Waals surface area contributed by atoms with Crippen molar-refractivity contribution in [2.45, 2.75) is 27.0 Å². The standard InChI is InChI=1S/C26H23Cl2NO/c1-17-10-11-18(2)25(12-17)29-15-21-13-22(27)14-24(28)26(21)30-16-20-8-5-7-19-6-3-4-9-23(19)20/h3-14,29H,15-16H2,1-2H3. The van der Waals surface area contributed by atoms with Crippen LogP contribution >= 0.6 is 23.2 Å². The summed E-state index contributed by atoms with van der Waals surface area (Å²) in [6, 6.07) is 24.5. The highest BCUT2D eigenvalue weighted by Crippen LogP contribution is 2.34. The zero-order chi connectivity index (χ0) is 21.1. The second-order valence-electron chi connectivity index (χ2n) is 7.47. The van der Waals surface area contributed by atoms with Crippen molar-refractivity contribution in [2.75, 3.05) is 5.32 Å². The van der Waals surface area contributed by atoms with Crippen LogP contribution in [-0.2, 0) is 13.2 Å². The Morgan fingerprint density at radius 2 is 1.63 bits per heavy atom. The minimum absolute atomic E-state index is 0.430. The predicted molar refractivity (Wildman–Crippen MR) is 128 cm³/mol. The maximum atomic E-state index is 6.52. The van der Waals surface area contributed by atoms with E-state index in [1.807, 2.05) is 24.3 Å². The van der Waals surface area contributed by atoms with Crippen molar-refractivity contribution in [2.24, 2.45) is 0 Å². The molecule has 0 aliphatic rings. The molecule has 0 radical (unpaired) electrons. The third-order valence-corrected chi connectivity index (χ3v) is 5.70. The Morgan fingerprint density at radius 3 is 2.50 bits per heavy atom. The van der Waals surface area contributed by atoms with Crippen LogP contribution in [0, 0.1) is 13.8 Å². The molecule has 4 aromatic rings. The highest BCUT2D eigenvalue weighted by Gasteiger charge is 2.13. The Kier molecular flexibility index (Phi) is 6.17. The number of fused-ring (bicyclic) bond motifs is 1. The number of benzene rings is 4. The van der Waals surface area contributed by atoms with E-state index in [9.17, 15) is 0 Å². The summed E-state index contributed by atoms with van der Waals surface area (Å²) in [5, 5.41) is 6.98. The number of ether oxygens (including phenoxy) is 1. The zero-order valence-electron chi connectivity index (χ0n) is 17.0. The molecule has 0 bridgehead atoms. The lowest BCUT2D eigenvalue weighted by Crippen LogP contribution is -2.06.